The number of carbonyl (C=O) groups is 1. The van der Waals surface area contributed by atoms with Crippen molar-refractivity contribution in [1.29, 1.82) is 0 Å². The molecule has 1 aromatic rings. The third kappa shape index (κ3) is 6.59. The number of benzene rings is 1. The van der Waals surface area contributed by atoms with Gasteiger partial charge in [-0.2, -0.15) is 0 Å². The van der Waals surface area contributed by atoms with E-state index in [2.05, 4.69) is 0 Å². The first-order chi connectivity index (χ1) is 11.1. The van der Waals surface area contributed by atoms with Gasteiger partial charge in [-0.1, -0.05) is 12.1 Å². The number of likely N-dealkylation sites (N-methyl/N-ethyl adjacent to an activating group) is 1. The predicted molar refractivity (Wildman–Crippen MR) is 98.8 cm³/mol. The second-order valence-corrected chi connectivity index (χ2v) is 8.17. The maximum absolute atomic E-state index is 12.5. The minimum absolute atomic E-state index is 0.0680. The lowest BCUT2D eigenvalue weighted by Gasteiger charge is -2.25. The van der Waals surface area contributed by atoms with Gasteiger partial charge in [0, 0.05) is 38.3 Å². The number of anilines is 1. The van der Waals surface area contributed by atoms with Crippen LogP contribution in [0.1, 0.15) is 18.9 Å². The highest BCUT2D eigenvalue weighted by Gasteiger charge is 2.20. The highest BCUT2D eigenvalue weighted by molar-refractivity contribution is 7.88. The van der Waals surface area contributed by atoms with Gasteiger partial charge in [0.05, 0.1) is 6.26 Å². The van der Waals surface area contributed by atoms with Crippen LogP contribution in [0.2, 0.25) is 0 Å². The summed E-state index contributed by atoms with van der Waals surface area (Å²) >= 11 is 0. The lowest BCUT2D eigenvalue weighted by Crippen LogP contribution is -2.39. The van der Waals surface area contributed by atoms with E-state index >= 15 is 0 Å². The van der Waals surface area contributed by atoms with Crippen LogP contribution in [0.3, 0.4) is 0 Å². The van der Waals surface area contributed by atoms with Gasteiger partial charge in [-0.05, 0) is 45.6 Å². The molecule has 0 bridgehead atoms. The van der Waals surface area contributed by atoms with Crippen LogP contribution in [-0.4, -0.2) is 70.1 Å². The molecule has 1 rings (SSSR count). The molecule has 0 aromatic heterocycles. The molecule has 1 amide bonds. The summed E-state index contributed by atoms with van der Waals surface area (Å²) in [7, 11) is 0.458. The summed E-state index contributed by atoms with van der Waals surface area (Å²) in [5.41, 5.74) is 1.93. The van der Waals surface area contributed by atoms with Gasteiger partial charge >= 0.3 is 0 Å². The third-order valence-corrected chi connectivity index (χ3v) is 5.07. The fourth-order valence-electron chi connectivity index (χ4n) is 2.41. The summed E-state index contributed by atoms with van der Waals surface area (Å²) in [5.74, 6) is -0.0680. The van der Waals surface area contributed by atoms with E-state index in [0.717, 1.165) is 11.3 Å². The number of rotatable bonds is 9. The first kappa shape index (κ1) is 20.6. The highest BCUT2D eigenvalue weighted by Crippen LogP contribution is 2.17. The average molecular weight is 356 g/mol. The fraction of sp³-hybridized carbons (Fsp3) is 0.588. The number of hydrogen-bond donors (Lipinski definition) is 0. The second kappa shape index (κ2) is 9.15. The van der Waals surface area contributed by atoms with Crippen molar-refractivity contribution in [2.75, 3.05) is 51.4 Å². The summed E-state index contributed by atoms with van der Waals surface area (Å²) in [6.45, 7) is 5.66. The molecular formula is C17H29N3O3S. The van der Waals surface area contributed by atoms with Crippen molar-refractivity contribution in [2.24, 2.45) is 0 Å². The molecule has 0 radical (unpaired) electrons. The maximum Gasteiger partial charge on any atom is 0.228 e. The molecule has 0 N–H and O–H groups in total. The van der Waals surface area contributed by atoms with Gasteiger partial charge in [-0.25, -0.2) is 12.7 Å². The van der Waals surface area contributed by atoms with Crippen LogP contribution in [0, 0.1) is 6.92 Å². The Morgan fingerprint density at radius 3 is 2.29 bits per heavy atom. The largest absolute Gasteiger partial charge is 0.313 e. The lowest BCUT2D eigenvalue weighted by atomic mass is 10.2. The highest BCUT2D eigenvalue weighted by atomic mass is 32.2. The van der Waals surface area contributed by atoms with Crippen molar-refractivity contribution < 1.29 is 13.2 Å². The zero-order chi connectivity index (χ0) is 18.3. The minimum Gasteiger partial charge on any atom is -0.313 e. The number of aryl methyl sites for hydroxylation is 1. The third-order valence-electron chi connectivity index (χ3n) is 3.77. The SMILES string of the molecule is CCN(C(=O)CCN(CCN(C)C)S(C)(=O)=O)c1cccc(C)c1. The van der Waals surface area contributed by atoms with Crippen LogP contribution in [0.4, 0.5) is 5.69 Å². The molecule has 0 aliphatic carbocycles. The summed E-state index contributed by atoms with van der Waals surface area (Å²) in [6.07, 6.45) is 1.35. The lowest BCUT2D eigenvalue weighted by molar-refractivity contribution is -0.118. The smallest absolute Gasteiger partial charge is 0.228 e. The van der Waals surface area contributed by atoms with E-state index in [1.165, 1.54) is 10.6 Å². The summed E-state index contributed by atoms with van der Waals surface area (Å²) in [6, 6.07) is 7.76. The zero-order valence-corrected chi connectivity index (χ0v) is 16.1. The van der Waals surface area contributed by atoms with Crippen molar-refractivity contribution >= 4 is 21.6 Å². The second-order valence-electron chi connectivity index (χ2n) is 6.19. The normalized spacial score (nSPS) is 12.0. The van der Waals surface area contributed by atoms with Crippen LogP contribution in [-0.2, 0) is 14.8 Å². The zero-order valence-electron chi connectivity index (χ0n) is 15.3. The van der Waals surface area contributed by atoms with Crippen LogP contribution in [0.25, 0.3) is 0 Å². The molecule has 0 unspecified atom stereocenters. The first-order valence-electron chi connectivity index (χ1n) is 8.12. The maximum atomic E-state index is 12.5. The molecule has 136 valence electrons. The van der Waals surface area contributed by atoms with Gasteiger partial charge < -0.3 is 9.80 Å². The van der Waals surface area contributed by atoms with E-state index in [1.54, 1.807) is 4.90 Å². The predicted octanol–water partition coefficient (Wildman–Crippen LogP) is 1.56. The van der Waals surface area contributed by atoms with Crippen LogP contribution < -0.4 is 4.90 Å². The van der Waals surface area contributed by atoms with Crippen molar-refractivity contribution in [3.05, 3.63) is 29.8 Å². The number of nitrogens with zero attached hydrogens (tertiary/aromatic N) is 3. The van der Waals surface area contributed by atoms with Crippen LogP contribution >= 0.6 is 0 Å². The molecule has 0 aliphatic heterocycles. The fourth-order valence-corrected chi connectivity index (χ4v) is 3.25. The van der Waals surface area contributed by atoms with Gasteiger partial charge in [0.2, 0.25) is 15.9 Å². The van der Waals surface area contributed by atoms with E-state index in [0.29, 0.717) is 19.6 Å². The van der Waals surface area contributed by atoms with E-state index < -0.39 is 10.0 Å². The monoisotopic (exact) mass is 355 g/mol. The Morgan fingerprint density at radius 2 is 1.79 bits per heavy atom. The average Bonchev–Trinajstić information content (AvgIpc) is 2.46. The molecule has 0 fully saturated rings. The van der Waals surface area contributed by atoms with Crippen LogP contribution in [0.5, 0.6) is 0 Å². The first-order valence-corrected chi connectivity index (χ1v) is 9.97. The van der Waals surface area contributed by atoms with Gasteiger partial charge in [-0.15, -0.1) is 0 Å². The molecule has 0 heterocycles. The standard InChI is InChI=1S/C17H29N3O3S/c1-6-20(16-9-7-8-15(2)14-16)17(21)10-11-19(24(5,22)23)13-12-18(3)4/h7-9,14H,6,10-13H2,1-5H3. The molecule has 0 aliphatic rings. The van der Waals surface area contributed by atoms with E-state index in [1.807, 2.05) is 57.1 Å². The van der Waals surface area contributed by atoms with E-state index in [-0.39, 0.29) is 18.9 Å². The van der Waals surface area contributed by atoms with Gasteiger partial charge in [-0.3, -0.25) is 4.79 Å². The molecule has 0 atom stereocenters. The molecule has 0 saturated heterocycles. The Hall–Kier alpha value is -1.44. The van der Waals surface area contributed by atoms with E-state index in [4.69, 9.17) is 0 Å². The van der Waals surface area contributed by atoms with Gasteiger partial charge in [0.25, 0.3) is 0 Å². The minimum atomic E-state index is -3.32. The molecular weight excluding hydrogens is 326 g/mol. The Morgan fingerprint density at radius 1 is 1.12 bits per heavy atom. The van der Waals surface area contributed by atoms with Crippen LogP contribution in [0.15, 0.2) is 24.3 Å². The molecule has 0 saturated carbocycles. The van der Waals surface area contributed by atoms with Crippen molar-refractivity contribution in [3.63, 3.8) is 0 Å². The topological polar surface area (TPSA) is 60.9 Å². The number of sulfonamides is 1. The van der Waals surface area contributed by atoms with Crippen molar-refractivity contribution in [3.8, 4) is 0 Å². The molecule has 0 spiro atoms. The molecule has 1 aromatic carbocycles. The number of hydrogen-bond acceptors (Lipinski definition) is 4. The molecule has 24 heavy (non-hydrogen) atoms. The quantitative estimate of drug-likeness (QED) is 0.674. The summed E-state index contributed by atoms with van der Waals surface area (Å²) in [4.78, 5) is 16.2. The number of carbonyl (C=O) groups excluding carboxylic acids is 1. The van der Waals surface area contributed by atoms with Gasteiger partial charge in [0.15, 0.2) is 0 Å². The summed E-state index contributed by atoms with van der Waals surface area (Å²) in [5, 5.41) is 0. The Bertz CT molecular complexity index is 644. The summed E-state index contributed by atoms with van der Waals surface area (Å²) < 4.78 is 25.2. The van der Waals surface area contributed by atoms with Crippen molar-refractivity contribution in [2.45, 2.75) is 20.3 Å². The Labute approximate surface area is 146 Å². The molecule has 6 nitrogen and oxygen atoms in total. The molecule has 7 heteroatoms. The van der Waals surface area contributed by atoms with Crippen molar-refractivity contribution in [1.82, 2.24) is 9.21 Å². The Balaban J connectivity index is 2.76. The van der Waals surface area contributed by atoms with Gasteiger partial charge in [0.1, 0.15) is 0 Å². The Kier molecular flexibility index (Phi) is 7.86. The number of amides is 1. The van der Waals surface area contributed by atoms with E-state index in [9.17, 15) is 13.2 Å².